The van der Waals surface area contributed by atoms with Crippen LogP contribution in [0.4, 0.5) is 0 Å². The van der Waals surface area contributed by atoms with Crippen molar-refractivity contribution < 1.29 is 0 Å². The second-order valence-electron chi connectivity index (χ2n) is 6.42. The van der Waals surface area contributed by atoms with Gasteiger partial charge in [-0.05, 0) is 44.1 Å². The van der Waals surface area contributed by atoms with Gasteiger partial charge in [-0.2, -0.15) is 15.8 Å². The van der Waals surface area contributed by atoms with E-state index in [1.54, 1.807) is 0 Å². The molecule has 0 bridgehead atoms. The quantitative estimate of drug-likeness (QED) is 0.803. The van der Waals surface area contributed by atoms with Gasteiger partial charge in [0.2, 0.25) is 0 Å². The minimum Gasteiger partial charge on any atom is -0.375 e. The first kappa shape index (κ1) is 14.6. The molecule has 3 aliphatic rings. The summed E-state index contributed by atoms with van der Waals surface area (Å²) in [6, 6.07) is 6.27. The van der Waals surface area contributed by atoms with Crippen LogP contribution in [0.1, 0.15) is 38.5 Å². The molecule has 2 atom stereocenters. The highest BCUT2D eigenvalue weighted by atomic mass is 15.1. The summed E-state index contributed by atoms with van der Waals surface area (Å²) >= 11 is 0. The molecule has 3 rings (SSSR count). The fraction of sp³-hybridized carbons (Fsp3) is 0.647. The highest BCUT2D eigenvalue weighted by Gasteiger charge is 2.59. The van der Waals surface area contributed by atoms with Crippen molar-refractivity contribution in [1.82, 2.24) is 4.90 Å². The number of fused-ring (bicyclic) bond motifs is 1. The maximum atomic E-state index is 9.61. The molecular formula is C17H19N5. The number of nitrogens with one attached hydrogen (secondary N) is 1. The van der Waals surface area contributed by atoms with Gasteiger partial charge < -0.3 is 10.3 Å². The van der Waals surface area contributed by atoms with Gasteiger partial charge in [-0.3, -0.25) is 0 Å². The molecule has 2 fully saturated rings. The first-order chi connectivity index (χ1) is 10.7. The zero-order valence-electron chi connectivity index (χ0n) is 12.6. The van der Waals surface area contributed by atoms with E-state index in [1.807, 2.05) is 0 Å². The molecular weight excluding hydrogens is 274 g/mol. The van der Waals surface area contributed by atoms with Crippen LogP contribution < -0.4 is 0 Å². The third kappa shape index (κ3) is 1.84. The van der Waals surface area contributed by atoms with E-state index < -0.39 is 11.3 Å². The van der Waals surface area contributed by atoms with Crippen LogP contribution in [0.2, 0.25) is 0 Å². The highest BCUT2D eigenvalue weighted by molar-refractivity contribution is 6.06. The summed E-state index contributed by atoms with van der Waals surface area (Å²) in [6.45, 7) is 1.98. The van der Waals surface area contributed by atoms with Crippen molar-refractivity contribution in [2.75, 3.05) is 13.1 Å². The Labute approximate surface area is 130 Å². The molecule has 1 aliphatic heterocycles. The van der Waals surface area contributed by atoms with Crippen LogP contribution in [-0.4, -0.2) is 23.7 Å². The first-order valence-corrected chi connectivity index (χ1v) is 7.98. The number of allylic oxidation sites excluding steroid dienone is 2. The Bertz CT molecular complexity index is 634. The van der Waals surface area contributed by atoms with Gasteiger partial charge in [0.15, 0.2) is 5.41 Å². The van der Waals surface area contributed by atoms with Crippen molar-refractivity contribution in [3.8, 4) is 18.2 Å². The fourth-order valence-electron chi connectivity index (χ4n) is 4.31. The van der Waals surface area contributed by atoms with E-state index in [2.05, 4.69) is 23.1 Å². The molecule has 0 radical (unpaired) electrons. The number of hydrogen-bond acceptors (Lipinski definition) is 5. The van der Waals surface area contributed by atoms with Crippen molar-refractivity contribution in [3.63, 3.8) is 0 Å². The van der Waals surface area contributed by atoms with E-state index in [1.165, 1.54) is 6.42 Å². The molecule has 112 valence electrons. The summed E-state index contributed by atoms with van der Waals surface area (Å²) in [6.07, 6.45) is 6.10. The van der Waals surface area contributed by atoms with Gasteiger partial charge in [-0.1, -0.05) is 0 Å². The molecule has 0 aromatic carbocycles. The molecule has 2 aliphatic carbocycles. The number of nitrogens with zero attached hydrogens (tertiary/aromatic N) is 4. The molecule has 1 N–H and O–H groups in total. The van der Waals surface area contributed by atoms with E-state index >= 15 is 0 Å². The van der Waals surface area contributed by atoms with Gasteiger partial charge in [0, 0.05) is 24.7 Å². The lowest BCUT2D eigenvalue weighted by Crippen LogP contribution is -2.34. The summed E-state index contributed by atoms with van der Waals surface area (Å²) in [5.41, 5.74) is 0.815. The Morgan fingerprint density at radius 2 is 1.73 bits per heavy atom. The summed E-state index contributed by atoms with van der Waals surface area (Å²) in [4.78, 5) is 2.33. The number of piperidine rings is 1. The van der Waals surface area contributed by atoms with Crippen LogP contribution in [0, 0.1) is 56.7 Å². The monoisotopic (exact) mass is 293 g/mol. The summed E-state index contributed by atoms with van der Waals surface area (Å²) in [5, 5.41) is 37.1. The second kappa shape index (κ2) is 5.47. The predicted molar refractivity (Wildman–Crippen MR) is 80.3 cm³/mol. The van der Waals surface area contributed by atoms with E-state index in [9.17, 15) is 15.8 Å². The summed E-state index contributed by atoms with van der Waals surface area (Å²) in [7, 11) is 0. The van der Waals surface area contributed by atoms with Crippen LogP contribution in [0.15, 0.2) is 11.3 Å². The van der Waals surface area contributed by atoms with Crippen LogP contribution in [0.3, 0.4) is 0 Å². The molecule has 22 heavy (non-hydrogen) atoms. The number of likely N-dealkylation sites (tertiary alicyclic amines) is 1. The van der Waals surface area contributed by atoms with E-state index in [-0.39, 0.29) is 11.6 Å². The average molecular weight is 293 g/mol. The molecule has 0 aromatic rings. The Hall–Kier alpha value is -2.32. The first-order valence-electron chi connectivity index (χ1n) is 7.98. The number of hydrogen-bond donors (Lipinski definition) is 1. The highest BCUT2D eigenvalue weighted by Crippen LogP contribution is 2.54. The predicted octanol–water partition coefficient (Wildman–Crippen LogP) is 2.73. The molecule has 0 spiro atoms. The van der Waals surface area contributed by atoms with Gasteiger partial charge >= 0.3 is 0 Å². The Morgan fingerprint density at radius 1 is 1.05 bits per heavy atom. The molecule has 0 aromatic heterocycles. The minimum atomic E-state index is -1.37. The smallest absolute Gasteiger partial charge is 0.171 e. The maximum Gasteiger partial charge on any atom is 0.171 e. The Balaban J connectivity index is 2.12. The van der Waals surface area contributed by atoms with Crippen molar-refractivity contribution in [2.45, 2.75) is 38.5 Å². The normalized spacial score (nSPS) is 30.2. The van der Waals surface area contributed by atoms with Gasteiger partial charge in [0.05, 0.1) is 23.9 Å². The van der Waals surface area contributed by atoms with Crippen LogP contribution in [0.5, 0.6) is 0 Å². The van der Waals surface area contributed by atoms with E-state index in [4.69, 9.17) is 5.41 Å². The third-order valence-electron chi connectivity index (χ3n) is 5.39. The van der Waals surface area contributed by atoms with Crippen LogP contribution >= 0.6 is 0 Å². The molecule has 5 nitrogen and oxygen atoms in total. The van der Waals surface area contributed by atoms with Crippen molar-refractivity contribution in [1.29, 1.82) is 21.2 Å². The van der Waals surface area contributed by atoms with Gasteiger partial charge in [0.25, 0.3) is 0 Å². The average Bonchev–Trinajstić information content (AvgIpc) is 2.84. The lowest BCUT2D eigenvalue weighted by molar-refractivity contribution is 0.250. The number of rotatable bonds is 1. The van der Waals surface area contributed by atoms with Crippen LogP contribution in [0.25, 0.3) is 0 Å². The minimum absolute atomic E-state index is 0.218. The Kier molecular flexibility index (Phi) is 3.63. The van der Waals surface area contributed by atoms with Crippen molar-refractivity contribution >= 4 is 5.71 Å². The van der Waals surface area contributed by atoms with Gasteiger partial charge in [-0.15, -0.1) is 0 Å². The van der Waals surface area contributed by atoms with Crippen molar-refractivity contribution in [2.24, 2.45) is 17.3 Å². The van der Waals surface area contributed by atoms with Gasteiger partial charge in [0.1, 0.15) is 5.92 Å². The lowest BCUT2D eigenvalue weighted by atomic mass is 9.70. The summed E-state index contributed by atoms with van der Waals surface area (Å²) in [5.74, 6) is -1.19. The molecule has 0 amide bonds. The van der Waals surface area contributed by atoms with E-state index in [0.29, 0.717) is 0 Å². The largest absolute Gasteiger partial charge is 0.375 e. The fourth-order valence-corrected chi connectivity index (χ4v) is 4.31. The van der Waals surface area contributed by atoms with E-state index in [0.717, 1.165) is 56.5 Å². The summed E-state index contributed by atoms with van der Waals surface area (Å²) < 4.78 is 0. The molecule has 1 saturated heterocycles. The SMILES string of the molecule is N#C[C@@H]1C(=N)C2=C(N3CCCCC3)CCC[C@@H]2C1(C#N)C#N. The molecule has 1 saturated carbocycles. The second-order valence-corrected chi connectivity index (χ2v) is 6.42. The molecule has 5 heteroatoms. The number of nitriles is 3. The van der Waals surface area contributed by atoms with Crippen LogP contribution in [-0.2, 0) is 0 Å². The standard InChI is InChI=1S/C17H19N5/c18-9-13-16(21)15-12(17(13,10-19)11-20)5-4-6-14(15)22-7-2-1-3-8-22/h12-13,21H,1-8H2/t12-,13+/m0/s1. The Morgan fingerprint density at radius 3 is 2.32 bits per heavy atom. The third-order valence-corrected chi connectivity index (χ3v) is 5.39. The maximum absolute atomic E-state index is 9.61. The molecule has 0 unspecified atom stereocenters. The van der Waals surface area contributed by atoms with Gasteiger partial charge in [-0.25, -0.2) is 0 Å². The lowest BCUT2D eigenvalue weighted by Gasteiger charge is -2.37. The van der Waals surface area contributed by atoms with Crippen molar-refractivity contribution in [3.05, 3.63) is 11.3 Å². The molecule has 1 heterocycles. The topological polar surface area (TPSA) is 98.5 Å². The zero-order valence-corrected chi connectivity index (χ0v) is 12.6. The zero-order chi connectivity index (χ0) is 15.7.